The second-order valence-corrected chi connectivity index (χ2v) is 4.38. The van der Waals surface area contributed by atoms with Crippen molar-refractivity contribution < 1.29 is 23.1 Å². The molecule has 1 atom stereocenters. The maximum atomic E-state index is 12.8. The van der Waals surface area contributed by atoms with Gasteiger partial charge in [0.15, 0.2) is 0 Å². The Balaban J connectivity index is 3.20. The van der Waals surface area contributed by atoms with Crippen molar-refractivity contribution in [3.63, 3.8) is 0 Å². The van der Waals surface area contributed by atoms with Crippen LogP contribution in [0, 0.1) is 13.8 Å². The number of carboxylic acids is 1. The summed E-state index contributed by atoms with van der Waals surface area (Å²) >= 11 is 0. The minimum atomic E-state index is -5.00. The maximum Gasteiger partial charge on any atom is 0.417 e. The van der Waals surface area contributed by atoms with Crippen molar-refractivity contribution in [3.8, 4) is 0 Å². The zero-order valence-corrected chi connectivity index (χ0v) is 10.0. The summed E-state index contributed by atoms with van der Waals surface area (Å²) < 4.78 is 38.3. The summed E-state index contributed by atoms with van der Waals surface area (Å²) in [5, 5.41) is 8.74. The van der Waals surface area contributed by atoms with Gasteiger partial charge in [-0.25, -0.2) is 4.79 Å². The molecule has 3 nitrogen and oxygen atoms in total. The van der Waals surface area contributed by atoms with Crippen LogP contribution >= 0.6 is 0 Å². The fourth-order valence-corrected chi connectivity index (χ4v) is 1.59. The van der Waals surface area contributed by atoms with Crippen molar-refractivity contribution in [2.24, 2.45) is 5.73 Å². The highest BCUT2D eigenvalue weighted by Crippen LogP contribution is 2.32. The van der Waals surface area contributed by atoms with Gasteiger partial charge in [-0.15, -0.1) is 0 Å². The SMILES string of the molecule is Cc1ccc(C)c(CC(N)(C(=O)O)C(F)(F)F)c1. The number of rotatable bonds is 3. The van der Waals surface area contributed by atoms with Crippen LogP contribution in [0.4, 0.5) is 13.2 Å². The number of alkyl halides is 3. The van der Waals surface area contributed by atoms with E-state index in [1.54, 1.807) is 26.0 Å². The van der Waals surface area contributed by atoms with Crippen molar-refractivity contribution in [1.29, 1.82) is 0 Å². The molecule has 0 aliphatic carbocycles. The zero-order chi connectivity index (χ0) is 14.1. The van der Waals surface area contributed by atoms with Crippen LogP contribution in [0.2, 0.25) is 0 Å². The van der Waals surface area contributed by atoms with Crippen LogP contribution in [-0.2, 0) is 11.2 Å². The maximum absolute atomic E-state index is 12.8. The Hall–Kier alpha value is -1.56. The molecule has 0 aliphatic heterocycles. The largest absolute Gasteiger partial charge is 0.480 e. The van der Waals surface area contributed by atoms with Crippen molar-refractivity contribution in [2.45, 2.75) is 32.0 Å². The molecule has 100 valence electrons. The third-order valence-corrected chi connectivity index (χ3v) is 2.86. The first-order chi connectivity index (χ1) is 8.08. The highest BCUT2D eigenvalue weighted by Gasteiger charge is 2.58. The Morgan fingerprint density at radius 3 is 2.33 bits per heavy atom. The van der Waals surface area contributed by atoms with E-state index in [-0.39, 0.29) is 5.56 Å². The van der Waals surface area contributed by atoms with Crippen LogP contribution in [0.25, 0.3) is 0 Å². The topological polar surface area (TPSA) is 63.3 Å². The molecule has 0 bridgehead atoms. The zero-order valence-electron chi connectivity index (χ0n) is 10.0. The molecule has 0 radical (unpaired) electrons. The van der Waals surface area contributed by atoms with Crippen LogP contribution in [0.5, 0.6) is 0 Å². The van der Waals surface area contributed by atoms with Gasteiger partial charge in [-0.3, -0.25) is 0 Å². The third kappa shape index (κ3) is 2.64. The number of nitrogens with two attached hydrogens (primary N) is 1. The molecule has 18 heavy (non-hydrogen) atoms. The molecule has 0 aliphatic rings. The molecule has 3 N–H and O–H groups in total. The fraction of sp³-hybridized carbons (Fsp3) is 0.417. The van der Waals surface area contributed by atoms with E-state index in [2.05, 4.69) is 0 Å². The quantitative estimate of drug-likeness (QED) is 0.876. The third-order valence-electron chi connectivity index (χ3n) is 2.86. The number of carbonyl (C=O) groups is 1. The van der Waals surface area contributed by atoms with Crippen LogP contribution in [0.3, 0.4) is 0 Å². The van der Waals surface area contributed by atoms with Gasteiger partial charge in [-0.2, -0.15) is 13.2 Å². The Morgan fingerprint density at radius 2 is 1.89 bits per heavy atom. The lowest BCUT2D eigenvalue weighted by Gasteiger charge is -2.28. The van der Waals surface area contributed by atoms with Gasteiger partial charge in [-0.1, -0.05) is 23.8 Å². The smallest absolute Gasteiger partial charge is 0.417 e. The number of hydrogen-bond acceptors (Lipinski definition) is 2. The Labute approximate surface area is 102 Å². The molecular weight excluding hydrogens is 247 g/mol. The predicted octanol–water partition coefficient (Wildman–Crippen LogP) is 2.19. The summed E-state index contributed by atoms with van der Waals surface area (Å²) in [5.41, 5.74) is 3.41. The van der Waals surface area contributed by atoms with Gasteiger partial charge in [0.1, 0.15) is 0 Å². The summed E-state index contributed by atoms with van der Waals surface area (Å²) in [5.74, 6) is -2.07. The van der Waals surface area contributed by atoms with Gasteiger partial charge in [0, 0.05) is 6.42 Å². The molecular formula is C12H14F3NO2. The van der Waals surface area contributed by atoms with Crippen molar-refractivity contribution in [3.05, 3.63) is 34.9 Å². The molecule has 6 heteroatoms. The average Bonchev–Trinajstić information content (AvgIpc) is 2.21. The second kappa shape index (κ2) is 4.61. The first-order valence-electron chi connectivity index (χ1n) is 5.23. The number of benzene rings is 1. The predicted molar refractivity (Wildman–Crippen MR) is 60.2 cm³/mol. The van der Waals surface area contributed by atoms with Crippen LogP contribution < -0.4 is 5.73 Å². The fourth-order valence-electron chi connectivity index (χ4n) is 1.59. The number of halogens is 3. The average molecular weight is 261 g/mol. The summed E-state index contributed by atoms with van der Waals surface area (Å²) in [4.78, 5) is 10.8. The normalized spacial score (nSPS) is 15.2. The van der Waals surface area contributed by atoms with Gasteiger partial charge >= 0.3 is 12.1 Å². The standard InChI is InChI=1S/C12H14F3NO2/c1-7-3-4-8(2)9(5-7)6-11(16,10(17)18)12(13,14)15/h3-5H,6,16H2,1-2H3,(H,17,18). The highest BCUT2D eigenvalue weighted by molar-refractivity contribution is 5.80. The van der Waals surface area contributed by atoms with Crippen LogP contribution in [0.15, 0.2) is 18.2 Å². The number of carboxylic acid groups (broad SMARTS) is 1. The number of hydrogen-bond donors (Lipinski definition) is 2. The Bertz CT molecular complexity index is 471. The molecule has 0 spiro atoms. The molecule has 1 rings (SSSR count). The molecule has 0 saturated carbocycles. The first-order valence-corrected chi connectivity index (χ1v) is 5.23. The Morgan fingerprint density at radius 1 is 1.33 bits per heavy atom. The lowest BCUT2D eigenvalue weighted by atomic mass is 9.88. The van der Waals surface area contributed by atoms with Gasteiger partial charge < -0.3 is 10.8 Å². The van der Waals surface area contributed by atoms with E-state index in [0.29, 0.717) is 5.56 Å². The van der Waals surface area contributed by atoms with Crippen molar-refractivity contribution in [2.75, 3.05) is 0 Å². The van der Waals surface area contributed by atoms with Crippen LogP contribution in [0.1, 0.15) is 16.7 Å². The molecule has 1 aromatic carbocycles. The summed E-state index contributed by atoms with van der Waals surface area (Å²) in [6.45, 7) is 3.34. The van der Waals surface area contributed by atoms with E-state index in [9.17, 15) is 18.0 Å². The van der Waals surface area contributed by atoms with Crippen LogP contribution in [-0.4, -0.2) is 22.8 Å². The molecule has 0 heterocycles. The lowest BCUT2D eigenvalue weighted by Crippen LogP contribution is -2.61. The van der Waals surface area contributed by atoms with E-state index in [1.807, 2.05) is 0 Å². The second-order valence-electron chi connectivity index (χ2n) is 4.38. The molecule has 1 aromatic rings. The molecule has 0 saturated heterocycles. The molecule has 0 fully saturated rings. The molecule has 0 aromatic heterocycles. The molecule has 1 unspecified atom stereocenters. The minimum absolute atomic E-state index is 0.289. The van der Waals surface area contributed by atoms with Gasteiger partial charge in [0.25, 0.3) is 0 Å². The van der Waals surface area contributed by atoms with E-state index in [4.69, 9.17) is 10.8 Å². The van der Waals surface area contributed by atoms with Gasteiger partial charge in [0.2, 0.25) is 5.54 Å². The number of aryl methyl sites for hydroxylation is 2. The first kappa shape index (κ1) is 14.5. The van der Waals surface area contributed by atoms with E-state index in [1.165, 1.54) is 6.07 Å². The van der Waals surface area contributed by atoms with E-state index < -0.39 is 24.1 Å². The minimum Gasteiger partial charge on any atom is -0.480 e. The van der Waals surface area contributed by atoms with Gasteiger partial charge in [0.05, 0.1) is 0 Å². The molecule has 0 amide bonds. The van der Waals surface area contributed by atoms with Gasteiger partial charge in [-0.05, 0) is 25.0 Å². The summed E-state index contributed by atoms with van der Waals surface area (Å²) in [6.07, 6.45) is -5.78. The monoisotopic (exact) mass is 261 g/mol. The lowest BCUT2D eigenvalue weighted by molar-refractivity contribution is -0.201. The summed E-state index contributed by atoms with van der Waals surface area (Å²) in [6, 6.07) is 4.90. The highest BCUT2D eigenvalue weighted by atomic mass is 19.4. The van der Waals surface area contributed by atoms with Crippen molar-refractivity contribution in [1.82, 2.24) is 0 Å². The van der Waals surface area contributed by atoms with Crippen molar-refractivity contribution >= 4 is 5.97 Å². The van der Waals surface area contributed by atoms with E-state index in [0.717, 1.165) is 5.56 Å². The number of aliphatic carboxylic acids is 1. The summed E-state index contributed by atoms with van der Waals surface area (Å²) in [7, 11) is 0. The van der Waals surface area contributed by atoms with E-state index >= 15 is 0 Å². The Kier molecular flexibility index (Phi) is 3.71.